The number of carbonyl (C=O) groups excluding carboxylic acids is 1. The summed E-state index contributed by atoms with van der Waals surface area (Å²) in [5.41, 5.74) is 3.97. The van der Waals surface area contributed by atoms with Crippen molar-refractivity contribution in [3.8, 4) is 18.1 Å². The summed E-state index contributed by atoms with van der Waals surface area (Å²) >= 11 is 0. The zero-order valence-electron chi connectivity index (χ0n) is 15.1. The summed E-state index contributed by atoms with van der Waals surface area (Å²) in [7, 11) is 1.92. The van der Waals surface area contributed by atoms with E-state index >= 15 is 0 Å². The van der Waals surface area contributed by atoms with E-state index in [1.807, 2.05) is 32.5 Å². The zero-order chi connectivity index (χ0) is 18.4. The van der Waals surface area contributed by atoms with Gasteiger partial charge in [0.15, 0.2) is 0 Å². The molecule has 1 atom stereocenters. The first-order valence-electron chi connectivity index (χ1n) is 8.13. The van der Waals surface area contributed by atoms with Gasteiger partial charge in [0.25, 0.3) is 0 Å². The third kappa shape index (κ3) is 5.01. The van der Waals surface area contributed by atoms with E-state index in [2.05, 4.69) is 21.7 Å². The minimum atomic E-state index is -0.246. The lowest BCUT2D eigenvalue weighted by Gasteiger charge is -2.15. The Kier molecular flexibility index (Phi) is 6.07. The van der Waals surface area contributed by atoms with E-state index in [0.29, 0.717) is 11.4 Å². The standard InChI is InChI=1S/C19H24N4O2/c1-6-11-25-17-9-7-16(8-10-17)21-19(24)20-13(2)12-18-14(3)22-23(5)15(18)4/h1,7-10,13H,11-12H2,2-5H3,(H2,20,21,24)/t13-/m1/s1. The number of ether oxygens (including phenoxy) is 1. The highest BCUT2D eigenvalue weighted by Crippen LogP contribution is 2.16. The Hall–Kier alpha value is -2.94. The zero-order valence-corrected chi connectivity index (χ0v) is 15.1. The van der Waals surface area contributed by atoms with Gasteiger partial charge in [0.1, 0.15) is 12.4 Å². The Balaban J connectivity index is 1.88. The summed E-state index contributed by atoms with van der Waals surface area (Å²) in [6.07, 6.45) is 5.88. The molecule has 0 radical (unpaired) electrons. The molecule has 0 fully saturated rings. The van der Waals surface area contributed by atoms with Gasteiger partial charge < -0.3 is 15.4 Å². The SMILES string of the molecule is C#CCOc1ccc(NC(=O)N[C@H](C)Cc2c(C)nn(C)c2C)cc1. The summed E-state index contributed by atoms with van der Waals surface area (Å²) in [6.45, 7) is 6.21. The van der Waals surface area contributed by atoms with E-state index in [9.17, 15) is 4.79 Å². The average Bonchev–Trinajstić information content (AvgIpc) is 2.80. The van der Waals surface area contributed by atoms with Crippen LogP contribution in [0.15, 0.2) is 24.3 Å². The van der Waals surface area contributed by atoms with Crippen molar-refractivity contribution in [2.45, 2.75) is 33.2 Å². The monoisotopic (exact) mass is 340 g/mol. The van der Waals surface area contributed by atoms with Crippen LogP contribution in [-0.4, -0.2) is 28.5 Å². The number of nitrogens with zero attached hydrogens (tertiary/aromatic N) is 2. The number of rotatable bonds is 6. The summed E-state index contributed by atoms with van der Waals surface area (Å²) in [5.74, 6) is 3.07. The number of carbonyl (C=O) groups is 1. The summed E-state index contributed by atoms with van der Waals surface area (Å²) in [4.78, 5) is 12.1. The van der Waals surface area contributed by atoms with Crippen molar-refractivity contribution >= 4 is 11.7 Å². The second kappa shape index (κ2) is 8.25. The first kappa shape index (κ1) is 18.4. The Labute approximate surface area is 148 Å². The first-order valence-corrected chi connectivity index (χ1v) is 8.13. The number of aryl methyl sites for hydroxylation is 2. The number of hydrogen-bond donors (Lipinski definition) is 2. The van der Waals surface area contributed by atoms with Crippen molar-refractivity contribution < 1.29 is 9.53 Å². The molecule has 1 aromatic heterocycles. The van der Waals surface area contributed by atoms with Crippen LogP contribution in [0.3, 0.4) is 0 Å². The molecule has 0 aliphatic rings. The van der Waals surface area contributed by atoms with E-state index in [1.165, 1.54) is 5.56 Å². The molecule has 132 valence electrons. The minimum Gasteiger partial charge on any atom is -0.481 e. The third-order valence-electron chi connectivity index (χ3n) is 3.98. The Morgan fingerprint density at radius 2 is 2.04 bits per heavy atom. The van der Waals surface area contributed by atoms with Crippen LogP contribution in [0.4, 0.5) is 10.5 Å². The molecule has 1 aromatic carbocycles. The van der Waals surface area contributed by atoms with E-state index in [-0.39, 0.29) is 18.7 Å². The fourth-order valence-electron chi connectivity index (χ4n) is 2.62. The molecule has 0 saturated heterocycles. The van der Waals surface area contributed by atoms with Crippen molar-refractivity contribution in [1.29, 1.82) is 0 Å². The molecule has 2 N–H and O–H groups in total. The van der Waals surface area contributed by atoms with Crippen molar-refractivity contribution in [3.63, 3.8) is 0 Å². The Morgan fingerprint density at radius 1 is 1.36 bits per heavy atom. The van der Waals surface area contributed by atoms with E-state index in [0.717, 1.165) is 17.8 Å². The van der Waals surface area contributed by atoms with Crippen LogP contribution in [-0.2, 0) is 13.5 Å². The van der Waals surface area contributed by atoms with Crippen LogP contribution < -0.4 is 15.4 Å². The maximum atomic E-state index is 12.1. The molecule has 6 heteroatoms. The highest BCUT2D eigenvalue weighted by Gasteiger charge is 2.14. The van der Waals surface area contributed by atoms with Crippen LogP contribution in [0.5, 0.6) is 5.75 Å². The predicted molar refractivity (Wildman–Crippen MR) is 98.8 cm³/mol. The molecular formula is C19H24N4O2. The number of anilines is 1. The molecule has 0 spiro atoms. The Morgan fingerprint density at radius 3 is 2.60 bits per heavy atom. The van der Waals surface area contributed by atoms with Crippen LogP contribution in [0.25, 0.3) is 0 Å². The summed E-state index contributed by atoms with van der Waals surface area (Å²) in [5, 5.41) is 10.2. The second-order valence-electron chi connectivity index (χ2n) is 5.99. The highest BCUT2D eigenvalue weighted by atomic mass is 16.5. The molecule has 0 saturated carbocycles. The minimum absolute atomic E-state index is 0.0140. The number of aromatic nitrogens is 2. The molecule has 25 heavy (non-hydrogen) atoms. The van der Waals surface area contributed by atoms with Crippen molar-refractivity contribution in [1.82, 2.24) is 15.1 Å². The first-order chi connectivity index (χ1) is 11.9. The number of hydrogen-bond acceptors (Lipinski definition) is 3. The average molecular weight is 340 g/mol. The predicted octanol–water partition coefficient (Wildman–Crippen LogP) is 2.80. The molecule has 2 aromatic rings. The molecule has 0 bridgehead atoms. The van der Waals surface area contributed by atoms with Crippen LogP contribution in [0, 0.1) is 26.2 Å². The van der Waals surface area contributed by atoms with Crippen molar-refractivity contribution in [2.75, 3.05) is 11.9 Å². The molecule has 6 nitrogen and oxygen atoms in total. The molecule has 2 rings (SSSR count). The van der Waals surface area contributed by atoms with Gasteiger partial charge in [0.2, 0.25) is 0 Å². The molecule has 0 aliphatic carbocycles. The van der Waals surface area contributed by atoms with Gasteiger partial charge in [-0.2, -0.15) is 5.10 Å². The topological polar surface area (TPSA) is 68.2 Å². The smallest absolute Gasteiger partial charge is 0.319 e. The van der Waals surface area contributed by atoms with Gasteiger partial charge in [0.05, 0.1) is 5.69 Å². The summed E-state index contributed by atoms with van der Waals surface area (Å²) < 4.78 is 7.16. The highest BCUT2D eigenvalue weighted by molar-refractivity contribution is 5.89. The van der Waals surface area contributed by atoms with Gasteiger partial charge in [-0.15, -0.1) is 6.42 Å². The largest absolute Gasteiger partial charge is 0.481 e. The fourth-order valence-corrected chi connectivity index (χ4v) is 2.62. The van der Waals surface area contributed by atoms with E-state index < -0.39 is 0 Å². The number of terminal acetylenes is 1. The molecule has 0 unspecified atom stereocenters. The van der Waals surface area contributed by atoms with Gasteiger partial charge in [-0.25, -0.2) is 4.79 Å². The molecule has 2 amide bonds. The maximum absolute atomic E-state index is 12.1. The number of amides is 2. The van der Waals surface area contributed by atoms with Gasteiger partial charge in [-0.3, -0.25) is 4.68 Å². The van der Waals surface area contributed by atoms with E-state index in [1.54, 1.807) is 24.3 Å². The lowest BCUT2D eigenvalue weighted by atomic mass is 10.1. The number of nitrogens with one attached hydrogen (secondary N) is 2. The third-order valence-corrected chi connectivity index (χ3v) is 3.98. The molecular weight excluding hydrogens is 316 g/mol. The normalized spacial score (nSPS) is 11.5. The van der Waals surface area contributed by atoms with Crippen LogP contribution >= 0.6 is 0 Å². The van der Waals surface area contributed by atoms with Crippen molar-refractivity contribution in [3.05, 3.63) is 41.2 Å². The number of benzene rings is 1. The quantitative estimate of drug-likeness (QED) is 0.795. The Bertz CT molecular complexity index is 772. The van der Waals surface area contributed by atoms with Crippen molar-refractivity contribution in [2.24, 2.45) is 7.05 Å². The summed E-state index contributed by atoms with van der Waals surface area (Å²) in [6, 6.07) is 6.80. The van der Waals surface area contributed by atoms with Gasteiger partial charge in [-0.1, -0.05) is 5.92 Å². The maximum Gasteiger partial charge on any atom is 0.319 e. The number of urea groups is 1. The van der Waals surface area contributed by atoms with Gasteiger partial charge in [0, 0.05) is 24.5 Å². The van der Waals surface area contributed by atoms with Crippen LogP contribution in [0.2, 0.25) is 0 Å². The molecule has 0 aliphatic heterocycles. The van der Waals surface area contributed by atoms with Gasteiger partial charge in [-0.05, 0) is 57.0 Å². The molecule has 1 heterocycles. The van der Waals surface area contributed by atoms with E-state index in [4.69, 9.17) is 11.2 Å². The lowest BCUT2D eigenvalue weighted by Crippen LogP contribution is -2.37. The second-order valence-corrected chi connectivity index (χ2v) is 5.99. The van der Waals surface area contributed by atoms with Gasteiger partial charge >= 0.3 is 6.03 Å². The van der Waals surface area contributed by atoms with Crippen LogP contribution in [0.1, 0.15) is 23.9 Å². The lowest BCUT2D eigenvalue weighted by molar-refractivity contribution is 0.249. The fraction of sp³-hybridized carbons (Fsp3) is 0.368.